The summed E-state index contributed by atoms with van der Waals surface area (Å²) < 4.78 is 5.00. The standard InChI is InChI=1S/C10H21NO4/c1-6(12)8(7(2)13)11-9(14)15-10(3,4)5/h6-8,12-13H,1-5H3,(H,11,14)/t6-,7-/m1/s1. The Morgan fingerprint density at radius 1 is 1.20 bits per heavy atom. The first-order chi connectivity index (χ1) is 6.63. The fourth-order valence-electron chi connectivity index (χ4n) is 1.09. The second kappa shape index (κ2) is 5.32. The van der Waals surface area contributed by atoms with Crippen molar-refractivity contribution in [2.75, 3.05) is 0 Å². The molecule has 3 N–H and O–H groups in total. The minimum absolute atomic E-state index is 0.591. The molecular weight excluding hydrogens is 198 g/mol. The number of nitrogens with one attached hydrogen (secondary N) is 1. The van der Waals surface area contributed by atoms with Gasteiger partial charge < -0.3 is 20.3 Å². The molecule has 2 atom stereocenters. The van der Waals surface area contributed by atoms with Gasteiger partial charge in [0, 0.05) is 0 Å². The summed E-state index contributed by atoms with van der Waals surface area (Å²) in [6.45, 7) is 8.22. The van der Waals surface area contributed by atoms with E-state index in [1.54, 1.807) is 20.8 Å². The summed E-state index contributed by atoms with van der Waals surface area (Å²) in [4.78, 5) is 11.3. The van der Waals surface area contributed by atoms with E-state index in [0.717, 1.165) is 0 Å². The maximum Gasteiger partial charge on any atom is 0.408 e. The van der Waals surface area contributed by atoms with Crippen molar-refractivity contribution in [1.82, 2.24) is 5.32 Å². The highest BCUT2D eigenvalue weighted by molar-refractivity contribution is 5.68. The molecule has 0 aromatic heterocycles. The van der Waals surface area contributed by atoms with Crippen molar-refractivity contribution in [3.05, 3.63) is 0 Å². The first kappa shape index (κ1) is 14.2. The highest BCUT2D eigenvalue weighted by Crippen LogP contribution is 2.08. The molecule has 0 aromatic carbocycles. The molecule has 0 aliphatic carbocycles. The predicted octanol–water partition coefficient (Wildman–Crippen LogP) is 0.641. The first-order valence-corrected chi connectivity index (χ1v) is 4.99. The molecule has 0 bridgehead atoms. The average molecular weight is 219 g/mol. The summed E-state index contributed by atoms with van der Waals surface area (Å²) in [7, 11) is 0. The van der Waals surface area contributed by atoms with Gasteiger partial charge in [0.05, 0.1) is 18.2 Å². The summed E-state index contributed by atoms with van der Waals surface area (Å²) in [6, 6.07) is -0.722. The average Bonchev–Trinajstić information content (AvgIpc) is 1.95. The third-order valence-corrected chi connectivity index (χ3v) is 1.72. The van der Waals surface area contributed by atoms with Crippen LogP contribution in [-0.4, -0.2) is 40.2 Å². The molecule has 90 valence electrons. The lowest BCUT2D eigenvalue weighted by molar-refractivity contribution is 0.0238. The Morgan fingerprint density at radius 2 is 1.60 bits per heavy atom. The fourth-order valence-corrected chi connectivity index (χ4v) is 1.09. The van der Waals surface area contributed by atoms with Crippen LogP contribution in [0.25, 0.3) is 0 Å². The number of ether oxygens (including phenoxy) is 1. The first-order valence-electron chi connectivity index (χ1n) is 4.99. The van der Waals surface area contributed by atoms with Crippen molar-refractivity contribution >= 4 is 6.09 Å². The van der Waals surface area contributed by atoms with Crippen molar-refractivity contribution < 1.29 is 19.7 Å². The number of amides is 1. The molecule has 0 saturated carbocycles. The Balaban J connectivity index is 4.25. The molecule has 0 aliphatic rings. The van der Waals surface area contributed by atoms with Crippen LogP contribution in [0.2, 0.25) is 0 Å². The maximum atomic E-state index is 11.3. The monoisotopic (exact) mass is 219 g/mol. The van der Waals surface area contributed by atoms with E-state index in [-0.39, 0.29) is 0 Å². The molecule has 15 heavy (non-hydrogen) atoms. The van der Waals surface area contributed by atoms with Crippen molar-refractivity contribution in [3.8, 4) is 0 Å². The van der Waals surface area contributed by atoms with Gasteiger partial charge in [-0.1, -0.05) is 0 Å². The van der Waals surface area contributed by atoms with Gasteiger partial charge in [-0.2, -0.15) is 0 Å². The third kappa shape index (κ3) is 6.30. The Kier molecular flexibility index (Phi) is 5.03. The number of aliphatic hydroxyl groups excluding tert-OH is 2. The zero-order valence-electron chi connectivity index (χ0n) is 9.94. The van der Waals surface area contributed by atoms with E-state index in [4.69, 9.17) is 4.74 Å². The van der Waals surface area contributed by atoms with E-state index < -0.39 is 29.9 Å². The minimum atomic E-state index is -0.836. The van der Waals surface area contributed by atoms with Gasteiger partial charge in [-0.3, -0.25) is 0 Å². The van der Waals surface area contributed by atoms with E-state index in [0.29, 0.717) is 0 Å². The van der Waals surface area contributed by atoms with Gasteiger partial charge in [-0.25, -0.2) is 4.79 Å². The Bertz CT molecular complexity index is 200. The van der Waals surface area contributed by atoms with E-state index in [1.807, 2.05) is 0 Å². The molecule has 0 unspecified atom stereocenters. The topological polar surface area (TPSA) is 78.8 Å². The second-order valence-electron chi connectivity index (χ2n) is 4.65. The molecule has 0 rings (SSSR count). The number of alkyl carbamates (subject to hydrolysis) is 1. The molecule has 0 heterocycles. The zero-order chi connectivity index (χ0) is 12.2. The lowest BCUT2D eigenvalue weighted by Gasteiger charge is -2.26. The van der Waals surface area contributed by atoms with Gasteiger partial charge >= 0.3 is 6.09 Å². The normalized spacial score (nSPS) is 16.0. The van der Waals surface area contributed by atoms with Crippen LogP contribution in [0.15, 0.2) is 0 Å². The van der Waals surface area contributed by atoms with Gasteiger partial charge in [-0.15, -0.1) is 0 Å². The molecule has 0 spiro atoms. The molecule has 0 aliphatic heterocycles. The minimum Gasteiger partial charge on any atom is -0.444 e. The predicted molar refractivity (Wildman–Crippen MR) is 56.5 cm³/mol. The van der Waals surface area contributed by atoms with E-state index in [2.05, 4.69) is 5.32 Å². The van der Waals surface area contributed by atoms with Crippen molar-refractivity contribution in [1.29, 1.82) is 0 Å². The third-order valence-electron chi connectivity index (χ3n) is 1.72. The van der Waals surface area contributed by atoms with Crippen molar-refractivity contribution in [2.24, 2.45) is 0 Å². The van der Waals surface area contributed by atoms with Gasteiger partial charge in [0.25, 0.3) is 0 Å². The van der Waals surface area contributed by atoms with Crippen LogP contribution in [0.5, 0.6) is 0 Å². The lowest BCUT2D eigenvalue weighted by Crippen LogP contribution is -2.50. The number of carbonyl (C=O) groups excluding carboxylic acids is 1. The van der Waals surface area contributed by atoms with E-state index >= 15 is 0 Å². The van der Waals surface area contributed by atoms with Gasteiger partial charge in [-0.05, 0) is 34.6 Å². The van der Waals surface area contributed by atoms with Crippen LogP contribution in [0.3, 0.4) is 0 Å². The van der Waals surface area contributed by atoms with Crippen molar-refractivity contribution in [3.63, 3.8) is 0 Å². The second-order valence-corrected chi connectivity index (χ2v) is 4.65. The maximum absolute atomic E-state index is 11.3. The molecule has 5 heteroatoms. The van der Waals surface area contributed by atoms with Gasteiger partial charge in [0.1, 0.15) is 5.60 Å². The van der Waals surface area contributed by atoms with E-state index in [9.17, 15) is 15.0 Å². The Morgan fingerprint density at radius 3 is 1.87 bits per heavy atom. The van der Waals surface area contributed by atoms with Crippen molar-refractivity contribution in [2.45, 2.75) is 58.5 Å². The lowest BCUT2D eigenvalue weighted by atomic mass is 10.1. The molecule has 0 aromatic rings. The number of aliphatic hydroxyl groups is 2. The van der Waals surface area contributed by atoms with Crippen LogP contribution in [0.4, 0.5) is 4.79 Å². The van der Waals surface area contributed by atoms with Gasteiger partial charge in [0.2, 0.25) is 0 Å². The summed E-state index contributed by atoms with van der Waals surface area (Å²) in [6.07, 6.45) is -2.32. The Hall–Kier alpha value is -0.810. The van der Waals surface area contributed by atoms with Crippen LogP contribution < -0.4 is 5.32 Å². The highest BCUT2D eigenvalue weighted by Gasteiger charge is 2.25. The molecule has 0 radical (unpaired) electrons. The summed E-state index contributed by atoms with van der Waals surface area (Å²) >= 11 is 0. The summed E-state index contributed by atoms with van der Waals surface area (Å²) in [5.41, 5.74) is -0.591. The number of rotatable bonds is 3. The van der Waals surface area contributed by atoms with Crippen LogP contribution in [0.1, 0.15) is 34.6 Å². The molecular formula is C10H21NO4. The molecule has 0 saturated heterocycles. The van der Waals surface area contributed by atoms with Crippen LogP contribution in [0, 0.1) is 0 Å². The zero-order valence-corrected chi connectivity index (χ0v) is 9.94. The summed E-state index contributed by atoms with van der Waals surface area (Å²) in [5.74, 6) is 0. The SMILES string of the molecule is C[C@@H](O)C(NC(=O)OC(C)(C)C)[C@@H](C)O. The molecule has 1 amide bonds. The van der Waals surface area contributed by atoms with Gasteiger partial charge in [0.15, 0.2) is 0 Å². The fraction of sp³-hybridized carbons (Fsp3) is 0.900. The van der Waals surface area contributed by atoms with E-state index in [1.165, 1.54) is 13.8 Å². The number of hydrogen-bond donors (Lipinski definition) is 3. The summed E-state index contributed by atoms with van der Waals surface area (Å²) in [5, 5.41) is 21.0. The molecule has 0 fully saturated rings. The smallest absolute Gasteiger partial charge is 0.408 e. The number of carbonyl (C=O) groups is 1. The number of hydrogen-bond acceptors (Lipinski definition) is 4. The highest BCUT2D eigenvalue weighted by atomic mass is 16.6. The molecule has 5 nitrogen and oxygen atoms in total. The Labute approximate surface area is 90.4 Å². The van der Waals surface area contributed by atoms with Crippen LogP contribution in [-0.2, 0) is 4.74 Å². The van der Waals surface area contributed by atoms with Crippen LogP contribution >= 0.6 is 0 Å². The largest absolute Gasteiger partial charge is 0.444 e. The quantitative estimate of drug-likeness (QED) is 0.651.